The molecule has 1 aromatic rings. The van der Waals surface area contributed by atoms with Crippen LogP contribution >= 0.6 is 11.3 Å². The number of ketones is 1. The molecule has 0 bridgehead atoms. The summed E-state index contributed by atoms with van der Waals surface area (Å²) in [6.45, 7) is 10.8. The highest BCUT2D eigenvalue weighted by Crippen LogP contribution is 2.52. The fourth-order valence-corrected chi connectivity index (χ4v) is 3.06. The zero-order chi connectivity index (χ0) is 12.8. The summed E-state index contributed by atoms with van der Waals surface area (Å²) in [7, 11) is 0. The lowest BCUT2D eigenvalue weighted by atomic mass is 9.93. The second kappa shape index (κ2) is 3.91. The van der Waals surface area contributed by atoms with Crippen molar-refractivity contribution in [3.8, 4) is 0 Å². The highest BCUT2D eigenvalue weighted by Gasteiger charge is 2.49. The van der Waals surface area contributed by atoms with Gasteiger partial charge in [0.1, 0.15) is 10.8 Å². The van der Waals surface area contributed by atoms with Gasteiger partial charge in [-0.2, -0.15) is 0 Å². The van der Waals surface area contributed by atoms with E-state index in [1.54, 1.807) is 11.3 Å². The molecule has 94 valence electrons. The summed E-state index contributed by atoms with van der Waals surface area (Å²) in [5.41, 5.74) is 1.41. The van der Waals surface area contributed by atoms with Crippen molar-refractivity contribution in [1.82, 2.24) is 4.98 Å². The molecule has 0 spiro atoms. The first-order valence-corrected chi connectivity index (χ1v) is 7.06. The van der Waals surface area contributed by atoms with Gasteiger partial charge in [-0.1, -0.05) is 34.6 Å². The van der Waals surface area contributed by atoms with Gasteiger partial charge in [0.2, 0.25) is 0 Å². The molecule has 1 aliphatic carbocycles. The monoisotopic (exact) mass is 251 g/mol. The minimum absolute atomic E-state index is 0.0800. The van der Waals surface area contributed by atoms with Crippen LogP contribution in [0.2, 0.25) is 0 Å². The molecule has 1 unspecified atom stereocenters. The lowest BCUT2D eigenvalue weighted by molar-refractivity contribution is -0.120. The molecule has 2 rings (SSSR count). The molecule has 1 saturated carbocycles. The van der Waals surface area contributed by atoms with Gasteiger partial charge < -0.3 is 0 Å². The molecular formula is C14H21NOS. The van der Waals surface area contributed by atoms with Crippen LogP contribution in [-0.2, 0) is 16.6 Å². The van der Waals surface area contributed by atoms with Crippen molar-refractivity contribution >= 4 is 17.1 Å². The van der Waals surface area contributed by atoms with E-state index in [0.717, 1.165) is 17.1 Å². The highest BCUT2D eigenvalue weighted by atomic mass is 32.1. The Bertz CT molecular complexity index is 439. The number of aromatic nitrogens is 1. The van der Waals surface area contributed by atoms with Gasteiger partial charge in [-0.3, -0.25) is 4.79 Å². The van der Waals surface area contributed by atoms with Gasteiger partial charge in [-0.25, -0.2) is 4.98 Å². The Balaban J connectivity index is 2.01. The van der Waals surface area contributed by atoms with Crippen molar-refractivity contribution in [1.29, 1.82) is 0 Å². The van der Waals surface area contributed by atoms with E-state index in [2.05, 4.69) is 45.0 Å². The Morgan fingerprint density at radius 3 is 2.53 bits per heavy atom. The van der Waals surface area contributed by atoms with Crippen LogP contribution in [0.25, 0.3) is 0 Å². The van der Waals surface area contributed by atoms with Gasteiger partial charge in [0.25, 0.3) is 0 Å². The van der Waals surface area contributed by atoms with Crippen LogP contribution in [0, 0.1) is 11.3 Å². The zero-order valence-electron chi connectivity index (χ0n) is 11.3. The van der Waals surface area contributed by atoms with Gasteiger partial charge in [0.15, 0.2) is 0 Å². The number of hydrogen-bond donors (Lipinski definition) is 0. The van der Waals surface area contributed by atoms with Crippen LogP contribution in [0.1, 0.15) is 51.7 Å². The summed E-state index contributed by atoms with van der Waals surface area (Å²) in [5, 5.41) is 3.06. The molecule has 0 amide bonds. The number of hydrogen-bond acceptors (Lipinski definition) is 3. The van der Waals surface area contributed by atoms with Crippen LogP contribution < -0.4 is 0 Å². The van der Waals surface area contributed by atoms with Crippen molar-refractivity contribution in [2.24, 2.45) is 11.3 Å². The summed E-state index contributed by atoms with van der Waals surface area (Å²) < 4.78 is 0. The molecule has 0 saturated heterocycles. The normalized spacial score (nSPS) is 22.5. The lowest BCUT2D eigenvalue weighted by Gasteiger charge is -2.14. The molecular weight excluding hydrogens is 230 g/mol. The van der Waals surface area contributed by atoms with Gasteiger partial charge in [-0.05, 0) is 11.8 Å². The van der Waals surface area contributed by atoms with Crippen LogP contribution in [-0.4, -0.2) is 10.8 Å². The van der Waals surface area contributed by atoms with Crippen LogP contribution in [0.4, 0.5) is 0 Å². The molecule has 0 N–H and O–H groups in total. The molecule has 1 aliphatic rings. The Hall–Kier alpha value is -0.700. The first-order valence-electron chi connectivity index (χ1n) is 6.18. The predicted octanol–water partition coefficient (Wildman–Crippen LogP) is 3.60. The third kappa shape index (κ3) is 2.76. The quantitative estimate of drug-likeness (QED) is 0.821. The Morgan fingerprint density at radius 1 is 1.53 bits per heavy atom. The third-order valence-corrected chi connectivity index (χ3v) is 4.40. The average molecular weight is 251 g/mol. The molecule has 0 radical (unpaired) electrons. The zero-order valence-corrected chi connectivity index (χ0v) is 12.1. The average Bonchev–Trinajstić information content (AvgIpc) is 2.60. The minimum atomic E-state index is 0.0800. The predicted molar refractivity (Wildman–Crippen MR) is 71.4 cm³/mol. The van der Waals surface area contributed by atoms with E-state index in [9.17, 15) is 4.79 Å². The number of rotatable bonds is 3. The van der Waals surface area contributed by atoms with Crippen molar-refractivity contribution in [2.75, 3.05) is 0 Å². The third-order valence-electron chi connectivity index (χ3n) is 3.55. The maximum atomic E-state index is 12.0. The molecule has 0 aliphatic heterocycles. The van der Waals surface area contributed by atoms with Gasteiger partial charge in [0.05, 0.1) is 12.1 Å². The fraction of sp³-hybridized carbons (Fsp3) is 0.714. The Kier molecular flexibility index (Phi) is 2.93. The molecule has 1 aromatic heterocycles. The Labute approximate surface area is 107 Å². The van der Waals surface area contributed by atoms with Gasteiger partial charge in [0, 0.05) is 16.7 Å². The largest absolute Gasteiger partial charge is 0.299 e. The van der Waals surface area contributed by atoms with E-state index in [1.807, 2.05) is 0 Å². The van der Waals surface area contributed by atoms with Crippen molar-refractivity contribution in [3.05, 3.63) is 16.1 Å². The number of nitrogens with zero attached hydrogens (tertiary/aromatic N) is 1. The topological polar surface area (TPSA) is 30.0 Å². The second-order valence-corrected chi connectivity index (χ2v) is 7.71. The van der Waals surface area contributed by atoms with E-state index >= 15 is 0 Å². The van der Waals surface area contributed by atoms with Gasteiger partial charge >= 0.3 is 0 Å². The van der Waals surface area contributed by atoms with E-state index in [1.165, 1.54) is 0 Å². The summed E-state index contributed by atoms with van der Waals surface area (Å²) in [4.78, 5) is 16.6. The molecule has 2 nitrogen and oxygen atoms in total. The highest BCUT2D eigenvalue weighted by molar-refractivity contribution is 7.09. The first kappa shape index (κ1) is 12.7. The van der Waals surface area contributed by atoms with Crippen molar-refractivity contribution in [3.63, 3.8) is 0 Å². The summed E-state index contributed by atoms with van der Waals surface area (Å²) in [6, 6.07) is 0. The fourth-order valence-electron chi connectivity index (χ4n) is 2.03. The molecule has 3 heteroatoms. The number of thiazole rings is 1. The second-order valence-electron chi connectivity index (χ2n) is 6.76. The molecule has 1 fully saturated rings. The summed E-state index contributed by atoms with van der Waals surface area (Å²) >= 11 is 1.62. The van der Waals surface area contributed by atoms with Gasteiger partial charge in [-0.15, -0.1) is 11.3 Å². The summed E-state index contributed by atoms with van der Waals surface area (Å²) in [5.74, 6) is 0.634. The van der Waals surface area contributed by atoms with Crippen LogP contribution in [0.5, 0.6) is 0 Å². The molecule has 0 aromatic carbocycles. The van der Waals surface area contributed by atoms with Crippen molar-refractivity contribution in [2.45, 2.75) is 52.9 Å². The SMILES string of the molecule is CC(C)(C)c1csc(CC(=O)C2CC2(C)C)n1. The maximum absolute atomic E-state index is 12.0. The van der Waals surface area contributed by atoms with Crippen LogP contribution in [0.15, 0.2) is 5.38 Å². The van der Waals surface area contributed by atoms with E-state index in [-0.39, 0.29) is 16.7 Å². The maximum Gasteiger partial charge on any atom is 0.143 e. The van der Waals surface area contributed by atoms with E-state index < -0.39 is 0 Å². The smallest absolute Gasteiger partial charge is 0.143 e. The minimum Gasteiger partial charge on any atom is -0.299 e. The lowest BCUT2D eigenvalue weighted by Crippen LogP contribution is -2.13. The number of carbonyl (C=O) groups excluding carboxylic acids is 1. The van der Waals surface area contributed by atoms with Crippen molar-refractivity contribution < 1.29 is 4.79 Å². The van der Waals surface area contributed by atoms with E-state index in [4.69, 9.17) is 0 Å². The first-order chi connectivity index (χ1) is 7.70. The number of carbonyl (C=O) groups is 1. The summed E-state index contributed by atoms with van der Waals surface area (Å²) in [6.07, 6.45) is 1.57. The number of Topliss-reactive ketones (excluding diaryl/α,β-unsaturated/α-hetero) is 1. The molecule has 1 atom stereocenters. The Morgan fingerprint density at radius 2 is 2.12 bits per heavy atom. The standard InChI is InChI=1S/C14H21NOS/c1-13(2,3)11-8-17-12(15-11)6-10(16)9-7-14(9,4)5/h8-9H,6-7H2,1-5H3. The van der Waals surface area contributed by atoms with Crippen LogP contribution in [0.3, 0.4) is 0 Å². The molecule has 17 heavy (non-hydrogen) atoms. The van der Waals surface area contributed by atoms with E-state index in [0.29, 0.717) is 12.2 Å². The molecule has 1 heterocycles.